The molecule has 0 aliphatic rings. The number of benzene rings is 2. The molecule has 2 aromatic heterocycles. The summed E-state index contributed by atoms with van der Waals surface area (Å²) in [5.74, 6) is 0.112. The Balaban J connectivity index is 1.61. The van der Waals surface area contributed by atoms with Gasteiger partial charge in [-0.15, -0.1) is 0 Å². The van der Waals surface area contributed by atoms with E-state index in [-0.39, 0.29) is 12.5 Å². The van der Waals surface area contributed by atoms with E-state index in [0.29, 0.717) is 32.4 Å². The summed E-state index contributed by atoms with van der Waals surface area (Å²) in [6, 6.07) is 8.45. The summed E-state index contributed by atoms with van der Waals surface area (Å²) in [4.78, 5) is 21.0. The third-order valence-electron chi connectivity index (χ3n) is 4.64. The van der Waals surface area contributed by atoms with Gasteiger partial charge in [-0.3, -0.25) is 4.79 Å². The van der Waals surface area contributed by atoms with E-state index in [9.17, 15) is 23.1 Å². The van der Waals surface area contributed by atoms with Crippen LogP contribution in [0.2, 0.25) is 0 Å². The SMILES string of the molecule is CC(O)CNC(=O)c1ccc2c(c1)nc(Nc1nc3ccc(C(F)(F)F)cc3s1)n2C. The fourth-order valence-corrected chi connectivity index (χ4v) is 3.94. The molecule has 0 spiro atoms. The highest BCUT2D eigenvalue weighted by molar-refractivity contribution is 7.22. The molecule has 0 saturated carbocycles. The van der Waals surface area contributed by atoms with Gasteiger partial charge in [-0.05, 0) is 43.3 Å². The van der Waals surface area contributed by atoms with Crippen LogP contribution in [0.4, 0.5) is 24.3 Å². The van der Waals surface area contributed by atoms with Gasteiger partial charge in [-0.2, -0.15) is 13.2 Å². The number of thiazole rings is 1. The highest BCUT2D eigenvalue weighted by atomic mass is 32.1. The summed E-state index contributed by atoms with van der Waals surface area (Å²) < 4.78 is 41.0. The monoisotopic (exact) mass is 449 g/mol. The van der Waals surface area contributed by atoms with E-state index >= 15 is 0 Å². The van der Waals surface area contributed by atoms with Crippen molar-refractivity contribution >= 4 is 49.6 Å². The van der Waals surface area contributed by atoms with Crippen molar-refractivity contribution in [1.82, 2.24) is 19.9 Å². The largest absolute Gasteiger partial charge is 0.416 e. The minimum atomic E-state index is -4.41. The summed E-state index contributed by atoms with van der Waals surface area (Å²) in [6.07, 6.45) is -5.07. The average molecular weight is 449 g/mol. The number of aliphatic hydroxyl groups is 1. The molecule has 0 radical (unpaired) electrons. The van der Waals surface area contributed by atoms with Gasteiger partial charge >= 0.3 is 6.18 Å². The number of carbonyl (C=O) groups excluding carboxylic acids is 1. The zero-order valence-corrected chi connectivity index (χ0v) is 17.3. The minimum absolute atomic E-state index is 0.138. The molecular weight excluding hydrogens is 431 g/mol. The molecule has 2 aromatic carbocycles. The molecule has 3 N–H and O–H groups in total. The maximum absolute atomic E-state index is 12.9. The predicted molar refractivity (Wildman–Crippen MR) is 113 cm³/mol. The van der Waals surface area contributed by atoms with Crippen molar-refractivity contribution in [2.24, 2.45) is 7.05 Å². The van der Waals surface area contributed by atoms with Crippen molar-refractivity contribution in [1.29, 1.82) is 0 Å². The predicted octanol–water partition coefficient (Wildman–Crippen LogP) is 4.06. The van der Waals surface area contributed by atoms with Gasteiger partial charge < -0.3 is 20.3 Å². The zero-order valence-electron chi connectivity index (χ0n) is 16.5. The number of aliphatic hydroxyl groups excluding tert-OH is 1. The van der Waals surface area contributed by atoms with E-state index in [1.54, 1.807) is 36.7 Å². The van der Waals surface area contributed by atoms with E-state index in [1.807, 2.05) is 0 Å². The van der Waals surface area contributed by atoms with Crippen molar-refractivity contribution in [3.8, 4) is 0 Å². The fourth-order valence-electron chi connectivity index (χ4n) is 3.05. The molecule has 0 aliphatic heterocycles. The van der Waals surface area contributed by atoms with Crippen molar-refractivity contribution in [3.05, 3.63) is 47.5 Å². The number of imidazole rings is 1. The molecule has 1 amide bonds. The quantitative estimate of drug-likeness (QED) is 0.428. The molecular formula is C20H18F3N5O2S. The summed E-state index contributed by atoms with van der Waals surface area (Å²) in [7, 11) is 1.78. The van der Waals surface area contributed by atoms with Gasteiger partial charge in [-0.1, -0.05) is 11.3 Å². The topological polar surface area (TPSA) is 92.1 Å². The molecule has 1 unspecified atom stereocenters. The van der Waals surface area contributed by atoms with Crippen LogP contribution in [0.5, 0.6) is 0 Å². The van der Waals surface area contributed by atoms with Gasteiger partial charge in [0.1, 0.15) is 0 Å². The van der Waals surface area contributed by atoms with Crippen molar-refractivity contribution in [2.45, 2.75) is 19.2 Å². The van der Waals surface area contributed by atoms with Crippen LogP contribution in [-0.2, 0) is 13.2 Å². The molecule has 4 rings (SSSR count). The molecule has 162 valence electrons. The van der Waals surface area contributed by atoms with Gasteiger partial charge in [0.25, 0.3) is 5.91 Å². The molecule has 0 fully saturated rings. The Hall–Kier alpha value is -3.18. The second-order valence-corrected chi connectivity index (χ2v) is 8.11. The minimum Gasteiger partial charge on any atom is -0.392 e. The highest BCUT2D eigenvalue weighted by Crippen LogP contribution is 2.35. The number of anilines is 2. The van der Waals surface area contributed by atoms with E-state index < -0.39 is 17.8 Å². The van der Waals surface area contributed by atoms with Gasteiger partial charge in [0.15, 0.2) is 5.13 Å². The number of amides is 1. The number of halogens is 3. The van der Waals surface area contributed by atoms with Crippen molar-refractivity contribution in [3.63, 3.8) is 0 Å². The standard InChI is InChI=1S/C20H18F3N5O2S/c1-10(29)9-24-17(30)11-3-6-15-14(7-11)25-18(28(15)2)27-19-26-13-5-4-12(20(21,22)23)8-16(13)31-19/h3-8,10,29H,9H2,1-2H3,(H,24,30)(H,25,26,27). The fraction of sp³-hybridized carbons (Fsp3) is 0.250. The Morgan fingerprint density at radius 2 is 1.97 bits per heavy atom. The lowest BCUT2D eigenvalue weighted by atomic mass is 10.2. The first kappa shape index (κ1) is 21.1. The van der Waals surface area contributed by atoms with Crippen molar-refractivity contribution < 1.29 is 23.1 Å². The van der Waals surface area contributed by atoms with Gasteiger partial charge in [0.05, 0.1) is 32.9 Å². The van der Waals surface area contributed by atoms with E-state index in [2.05, 4.69) is 20.6 Å². The summed E-state index contributed by atoms with van der Waals surface area (Å²) >= 11 is 1.09. The van der Waals surface area contributed by atoms with Crippen LogP contribution >= 0.6 is 11.3 Å². The maximum Gasteiger partial charge on any atom is 0.416 e. The van der Waals surface area contributed by atoms with Crippen LogP contribution < -0.4 is 10.6 Å². The molecule has 11 heteroatoms. The molecule has 0 saturated heterocycles. The first-order chi connectivity index (χ1) is 14.6. The van der Waals surface area contributed by atoms with Gasteiger partial charge in [0, 0.05) is 19.2 Å². The van der Waals surface area contributed by atoms with Crippen LogP contribution in [0.15, 0.2) is 36.4 Å². The van der Waals surface area contributed by atoms with E-state index in [4.69, 9.17) is 0 Å². The number of fused-ring (bicyclic) bond motifs is 2. The Labute approximate surface area is 178 Å². The summed E-state index contributed by atoms with van der Waals surface area (Å²) in [5, 5.41) is 15.4. The second-order valence-electron chi connectivity index (χ2n) is 7.08. The number of hydrogen-bond acceptors (Lipinski definition) is 6. The van der Waals surface area contributed by atoms with Crippen LogP contribution in [0.1, 0.15) is 22.8 Å². The van der Waals surface area contributed by atoms with Crippen LogP contribution in [0, 0.1) is 0 Å². The highest BCUT2D eigenvalue weighted by Gasteiger charge is 2.30. The first-order valence-corrected chi connectivity index (χ1v) is 10.1. The van der Waals surface area contributed by atoms with Gasteiger partial charge in [-0.25, -0.2) is 9.97 Å². The second kappa shape index (κ2) is 7.82. The molecule has 4 aromatic rings. The molecule has 0 aliphatic carbocycles. The number of aryl methyl sites for hydroxylation is 1. The third-order valence-corrected chi connectivity index (χ3v) is 5.57. The summed E-state index contributed by atoms with van der Waals surface area (Å²) in [5.41, 5.74) is 1.46. The molecule has 31 heavy (non-hydrogen) atoms. The summed E-state index contributed by atoms with van der Waals surface area (Å²) in [6.45, 7) is 1.71. The normalized spacial score (nSPS) is 13.0. The van der Waals surface area contributed by atoms with Gasteiger partial charge in [0.2, 0.25) is 5.95 Å². The number of carbonyl (C=O) groups is 1. The van der Waals surface area contributed by atoms with E-state index in [1.165, 1.54) is 6.07 Å². The smallest absolute Gasteiger partial charge is 0.392 e. The molecule has 0 bridgehead atoms. The number of rotatable bonds is 5. The number of alkyl halides is 3. The third kappa shape index (κ3) is 4.32. The average Bonchev–Trinajstić information content (AvgIpc) is 3.25. The Morgan fingerprint density at radius 1 is 1.19 bits per heavy atom. The van der Waals surface area contributed by atoms with Crippen LogP contribution in [0.3, 0.4) is 0 Å². The van der Waals surface area contributed by atoms with Crippen LogP contribution in [0.25, 0.3) is 21.3 Å². The molecule has 2 heterocycles. The zero-order chi connectivity index (χ0) is 22.3. The number of nitrogens with one attached hydrogen (secondary N) is 2. The van der Waals surface area contributed by atoms with E-state index in [0.717, 1.165) is 29.0 Å². The molecule has 1 atom stereocenters. The Kier molecular flexibility index (Phi) is 5.31. The molecule has 7 nitrogen and oxygen atoms in total. The lowest BCUT2D eigenvalue weighted by Crippen LogP contribution is -2.30. The van der Waals surface area contributed by atoms with Crippen molar-refractivity contribution in [2.75, 3.05) is 11.9 Å². The maximum atomic E-state index is 12.9. The number of nitrogens with zero attached hydrogens (tertiary/aromatic N) is 3. The Morgan fingerprint density at radius 3 is 2.68 bits per heavy atom. The number of hydrogen-bond donors (Lipinski definition) is 3. The lowest BCUT2D eigenvalue weighted by molar-refractivity contribution is -0.137. The van der Waals surface area contributed by atoms with Crippen LogP contribution in [-0.4, -0.2) is 38.2 Å². The lowest BCUT2D eigenvalue weighted by Gasteiger charge is -2.07. The Bertz CT molecular complexity index is 1280. The first-order valence-electron chi connectivity index (χ1n) is 9.29. The number of aromatic nitrogens is 3.